The van der Waals surface area contributed by atoms with Gasteiger partial charge >= 0.3 is 5.97 Å². The first-order valence-corrected chi connectivity index (χ1v) is 9.96. The van der Waals surface area contributed by atoms with Gasteiger partial charge in [-0.05, 0) is 37.6 Å². The van der Waals surface area contributed by atoms with Crippen molar-refractivity contribution in [3.05, 3.63) is 63.8 Å². The maximum absolute atomic E-state index is 11.8. The van der Waals surface area contributed by atoms with Crippen molar-refractivity contribution in [2.45, 2.75) is 39.1 Å². The standard InChI is InChI=1S/C22H24N4O5/c1-12-5-16(8-24-21(12)28)20-25-17-6-14(7-23-19(13(2)27)22(29)30)3-4-18(17)26(20)9-15-10-31-11-15/h3-6,8,10,13,19,23,27H,7,9,11H2,1-2H3,(H,24,28)(H,29,30)/t13-,19+/m1/s1. The fourth-order valence-electron chi connectivity index (χ4n) is 3.57. The van der Waals surface area contributed by atoms with E-state index in [1.807, 2.05) is 24.3 Å². The summed E-state index contributed by atoms with van der Waals surface area (Å²) in [5.41, 5.74) is 4.91. The van der Waals surface area contributed by atoms with Gasteiger partial charge in [0.15, 0.2) is 0 Å². The van der Waals surface area contributed by atoms with Crippen LogP contribution in [-0.4, -0.2) is 49.5 Å². The normalized spacial score (nSPS) is 15.1. The Kier molecular flexibility index (Phi) is 5.62. The van der Waals surface area contributed by atoms with Crippen molar-refractivity contribution in [3.63, 3.8) is 0 Å². The van der Waals surface area contributed by atoms with Crippen LogP contribution in [0.2, 0.25) is 0 Å². The Morgan fingerprint density at radius 1 is 1.39 bits per heavy atom. The summed E-state index contributed by atoms with van der Waals surface area (Å²) in [5, 5.41) is 21.8. The summed E-state index contributed by atoms with van der Waals surface area (Å²) in [6.45, 7) is 4.65. The Hall–Kier alpha value is -3.43. The second-order valence-electron chi connectivity index (χ2n) is 7.77. The van der Waals surface area contributed by atoms with Crippen LogP contribution in [0.5, 0.6) is 0 Å². The lowest BCUT2D eigenvalue weighted by atomic mass is 10.1. The Morgan fingerprint density at radius 3 is 2.77 bits per heavy atom. The third-order valence-electron chi connectivity index (χ3n) is 5.31. The van der Waals surface area contributed by atoms with Crippen molar-refractivity contribution < 1.29 is 19.7 Å². The average molecular weight is 424 g/mol. The smallest absolute Gasteiger partial charge is 0.323 e. The number of hydrogen-bond donors (Lipinski definition) is 4. The summed E-state index contributed by atoms with van der Waals surface area (Å²) in [6, 6.07) is 6.50. The number of carboxylic acids is 1. The first-order valence-electron chi connectivity index (χ1n) is 9.96. The van der Waals surface area contributed by atoms with Crippen LogP contribution in [-0.2, 0) is 22.6 Å². The van der Waals surface area contributed by atoms with Crippen LogP contribution in [0.15, 0.2) is 47.1 Å². The third-order valence-corrected chi connectivity index (χ3v) is 5.31. The van der Waals surface area contributed by atoms with E-state index in [0.717, 1.165) is 33.6 Å². The van der Waals surface area contributed by atoms with Crippen LogP contribution in [0.25, 0.3) is 22.4 Å². The molecule has 162 valence electrons. The van der Waals surface area contributed by atoms with Crippen LogP contribution in [0.4, 0.5) is 0 Å². The summed E-state index contributed by atoms with van der Waals surface area (Å²) in [6.07, 6.45) is 2.36. The number of aromatic nitrogens is 3. The summed E-state index contributed by atoms with van der Waals surface area (Å²) in [4.78, 5) is 30.6. The molecule has 31 heavy (non-hydrogen) atoms. The molecule has 0 bridgehead atoms. The third kappa shape index (κ3) is 4.23. The van der Waals surface area contributed by atoms with Crippen molar-refractivity contribution in [3.8, 4) is 11.4 Å². The van der Waals surface area contributed by atoms with Crippen molar-refractivity contribution in [1.29, 1.82) is 0 Å². The predicted octanol–water partition coefficient (Wildman–Crippen LogP) is 1.54. The van der Waals surface area contributed by atoms with Crippen molar-refractivity contribution in [2.75, 3.05) is 6.61 Å². The Morgan fingerprint density at radius 2 is 2.16 bits per heavy atom. The van der Waals surface area contributed by atoms with E-state index in [-0.39, 0.29) is 12.1 Å². The van der Waals surface area contributed by atoms with Gasteiger partial charge in [-0.25, -0.2) is 4.98 Å². The van der Waals surface area contributed by atoms with Gasteiger partial charge in [0.25, 0.3) is 5.56 Å². The second kappa shape index (κ2) is 8.37. The Bertz CT molecular complexity index is 1220. The van der Waals surface area contributed by atoms with Crippen LogP contribution in [0, 0.1) is 6.92 Å². The summed E-state index contributed by atoms with van der Waals surface area (Å²) >= 11 is 0. The second-order valence-corrected chi connectivity index (χ2v) is 7.77. The number of nitrogens with zero attached hydrogens (tertiary/aromatic N) is 2. The molecule has 1 aliphatic heterocycles. The van der Waals surface area contributed by atoms with Gasteiger partial charge in [-0.1, -0.05) is 6.07 Å². The number of carboxylic acid groups (broad SMARTS) is 1. The van der Waals surface area contributed by atoms with Crippen LogP contribution >= 0.6 is 0 Å². The maximum Gasteiger partial charge on any atom is 0.323 e. The number of pyridine rings is 1. The van der Waals surface area contributed by atoms with Gasteiger partial charge in [0, 0.05) is 29.4 Å². The predicted molar refractivity (Wildman–Crippen MR) is 115 cm³/mol. The number of carbonyl (C=O) groups is 1. The van der Waals surface area contributed by atoms with E-state index in [9.17, 15) is 19.8 Å². The van der Waals surface area contributed by atoms with E-state index in [0.29, 0.717) is 18.7 Å². The number of rotatable bonds is 8. The molecular formula is C22H24N4O5. The van der Waals surface area contributed by atoms with E-state index in [1.54, 1.807) is 19.4 Å². The summed E-state index contributed by atoms with van der Waals surface area (Å²) < 4.78 is 7.24. The van der Waals surface area contributed by atoms with Crippen LogP contribution < -0.4 is 10.9 Å². The quantitative estimate of drug-likeness (QED) is 0.432. The maximum atomic E-state index is 11.8. The summed E-state index contributed by atoms with van der Waals surface area (Å²) in [5.74, 6) is -0.383. The van der Waals surface area contributed by atoms with Gasteiger partial charge in [0.2, 0.25) is 0 Å². The van der Waals surface area contributed by atoms with E-state index in [4.69, 9.17) is 9.72 Å². The molecule has 2 atom stereocenters. The molecule has 2 aromatic heterocycles. The number of aryl methyl sites for hydroxylation is 1. The highest BCUT2D eigenvalue weighted by atomic mass is 16.5. The molecule has 0 fully saturated rings. The minimum absolute atomic E-state index is 0.138. The molecule has 0 unspecified atom stereocenters. The highest BCUT2D eigenvalue weighted by Crippen LogP contribution is 2.27. The highest BCUT2D eigenvalue weighted by Gasteiger charge is 2.22. The van der Waals surface area contributed by atoms with Gasteiger partial charge < -0.3 is 24.5 Å². The Labute approximate surface area is 178 Å². The molecule has 4 rings (SSSR count). The number of nitrogens with one attached hydrogen (secondary N) is 2. The number of ether oxygens (including phenoxy) is 1. The molecule has 3 heterocycles. The van der Waals surface area contributed by atoms with E-state index >= 15 is 0 Å². The molecule has 3 aromatic rings. The fourth-order valence-corrected chi connectivity index (χ4v) is 3.57. The molecular weight excluding hydrogens is 400 g/mol. The zero-order valence-corrected chi connectivity index (χ0v) is 17.3. The molecule has 0 aliphatic carbocycles. The molecule has 1 aliphatic rings. The number of hydrogen-bond acceptors (Lipinski definition) is 6. The average Bonchev–Trinajstić information content (AvgIpc) is 3.04. The Balaban J connectivity index is 1.71. The number of aliphatic hydroxyl groups is 1. The number of fused-ring (bicyclic) bond motifs is 1. The minimum Gasteiger partial charge on any atom is -0.497 e. The van der Waals surface area contributed by atoms with Gasteiger partial charge in [-0.2, -0.15) is 0 Å². The number of benzene rings is 1. The zero-order valence-electron chi connectivity index (χ0n) is 17.3. The fraction of sp³-hybridized carbons (Fsp3) is 0.318. The van der Waals surface area contributed by atoms with Crippen molar-refractivity contribution in [2.24, 2.45) is 0 Å². The lowest BCUT2D eigenvalue weighted by Gasteiger charge is -2.18. The van der Waals surface area contributed by atoms with E-state index in [1.165, 1.54) is 6.92 Å². The lowest BCUT2D eigenvalue weighted by Crippen LogP contribution is -2.44. The van der Waals surface area contributed by atoms with Gasteiger partial charge in [-0.15, -0.1) is 0 Å². The molecule has 0 saturated carbocycles. The van der Waals surface area contributed by atoms with Crippen molar-refractivity contribution >= 4 is 17.0 Å². The number of imidazole rings is 1. The van der Waals surface area contributed by atoms with Crippen molar-refractivity contribution in [1.82, 2.24) is 19.9 Å². The van der Waals surface area contributed by atoms with E-state index < -0.39 is 18.1 Å². The van der Waals surface area contributed by atoms with E-state index in [2.05, 4.69) is 14.9 Å². The minimum atomic E-state index is -1.10. The number of aliphatic carboxylic acids is 1. The molecule has 0 spiro atoms. The first kappa shape index (κ1) is 20.8. The van der Waals surface area contributed by atoms with Gasteiger partial charge in [0.05, 0.1) is 29.9 Å². The molecule has 9 heteroatoms. The number of H-pyrrole nitrogens is 1. The van der Waals surface area contributed by atoms with Crippen LogP contribution in [0.1, 0.15) is 18.1 Å². The number of aliphatic hydroxyl groups excluding tert-OH is 1. The highest BCUT2D eigenvalue weighted by molar-refractivity contribution is 5.81. The zero-order chi connectivity index (χ0) is 22.1. The van der Waals surface area contributed by atoms with Crippen LogP contribution in [0.3, 0.4) is 0 Å². The lowest BCUT2D eigenvalue weighted by molar-refractivity contribution is -0.142. The molecule has 9 nitrogen and oxygen atoms in total. The SMILES string of the molecule is Cc1cc(-c2nc3cc(CN[C@H](C(=O)O)[C@@H](C)O)ccc3n2CC2=COC2)c[nH]c1=O. The molecule has 0 saturated heterocycles. The monoisotopic (exact) mass is 424 g/mol. The summed E-state index contributed by atoms with van der Waals surface area (Å²) in [7, 11) is 0. The first-order chi connectivity index (χ1) is 14.8. The largest absolute Gasteiger partial charge is 0.497 e. The molecule has 4 N–H and O–H groups in total. The van der Waals surface area contributed by atoms with Gasteiger partial charge in [0.1, 0.15) is 18.5 Å². The molecule has 0 amide bonds. The molecule has 0 radical (unpaired) electrons. The van der Waals surface area contributed by atoms with Gasteiger partial charge in [-0.3, -0.25) is 14.9 Å². The topological polar surface area (TPSA) is 129 Å². The molecule has 1 aromatic carbocycles. The number of aromatic amines is 1.